The molecule has 0 aromatic heterocycles. The molecule has 2 fully saturated rings. The summed E-state index contributed by atoms with van der Waals surface area (Å²) in [5.74, 6) is 0.591. The first-order valence-electron chi connectivity index (χ1n) is 11.1. The summed E-state index contributed by atoms with van der Waals surface area (Å²) >= 11 is 0. The molecule has 0 aliphatic carbocycles. The minimum Gasteiger partial charge on any atom is -0.379 e. The van der Waals surface area contributed by atoms with Gasteiger partial charge in [-0.05, 0) is 43.0 Å². The van der Waals surface area contributed by atoms with Crippen molar-refractivity contribution in [3.8, 4) is 0 Å². The van der Waals surface area contributed by atoms with Gasteiger partial charge in [0.2, 0.25) is 10.0 Å². The fourth-order valence-corrected chi connectivity index (χ4v) is 5.67. The average molecular weight is 438 g/mol. The molecule has 0 N–H and O–H groups in total. The highest BCUT2D eigenvalue weighted by molar-refractivity contribution is 7.89. The summed E-state index contributed by atoms with van der Waals surface area (Å²) in [6.45, 7) is 12.0. The van der Waals surface area contributed by atoms with Crippen LogP contribution in [0.2, 0.25) is 0 Å². The van der Waals surface area contributed by atoms with Crippen LogP contribution in [0.1, 0.15) is 43.1 Å². The summed E-state index contributed by atoms with van der Waals surface area (Å²) in [7, 11) is -3.64. The van der Waals surface area contributed by atoms with E-state index in [-0.39, 0.29) is 10.8 Å². The number of hydrogen-bond donors (Lipinski definition) is 0. The maximum atomic E-state index is 13.2. The molecule has 2 heterocycles. The number of carbonyl (C=O) groups excluding carboxylic acids is 1. The number of ether oxygens (including phenoxy) is 1. The summed E-state index contributed by atoms with van der Waals surface area (Å²) in [6, 6.07) is 5.14. The van der Waals surface area contributed by atoms with Crippen LogP contribution in [0.3, 0.4) is 0 Å². The Bertz CT molecular complexity index is 827. The molecule has 168 valence electrons. The highest BCUT2D eigenvalue weighted by Crippen LogP contribution is 2.24. The van der Waals surface area contributed by atoms with Crippen LogP contribution in [-0.4, -0.2) is 87.5 Å². The molecule has 2 saturated heterocycles. The predicted octanol–water partition coefficient (Wildman–Crippen LogP) is 2.07. The molecule has 1 aromatic rings. The van der Waals surface area contributed by atoms with E-state index in [1.165, 1.54) is 4.31 Å². The molecule has 1 aromatic carbocycles. The maximum absolute atomic E-state index is 13.2. The van der Waals surface area contributed by atoms with E-state index >= 15 is 0 Å². The molecule has 0 saturated carbocycles. The topological polar surface area (TPSA) is 70.2 Å². The molecular formula is C22H35N3O4S. The molecule has 0 atom stereocenters. The second kappa shape index (κ2) is 10.2. The highest BCUT2D eigenvalue weighted by atomic mass is 32.2. The van der Waals surface area contributed by atoms with Crippen molar-refractivity contribution < 1.29 is 17.9 Å². The van der Waals surface area contributed by atoms with Gasteiger partial charge in [-0.15, -0.1) is 0 Å². The van der Waals surface area contributed by atoms with Crippen LogP contribution < -0.4 is 0 Å². The van der Waals surface area contributed by atoms with Gasteiger partial charge in [-0.25, -0.2) is 8.42 Å². The molecule has 1 amide bonds. The number of sulfonamides is 1. The van der Waals surface area contributed by atoms with Crippen molar-refractivity contribution in [2.45, 2.75) is 38.5 Å². The Kier molecular flexibility index (Phi) is 7.90. The standard InChI is InChI=1S/C22H35N3O4S/c1-4-19-5-6-20(17-21(19)30(27,28)25-13-15-29-16-14-25)22(26)24-11-9-23(10-12-24)8-7-18(2)3/h5-6,17-18H,4,7-16H2,1-3H3. The number of piperazine rings is 1. The van der Waals surface area contributed by atoms with E-state index in [0.717, 1.165) is 31.6 Å². The lowest BCUT2D eigenvalue weighted by atomic mass is 10.1. The Labute approximate surface area is 181 Å². The van der Waals surface area contributed by atoms with Crippen molar-refractivity contribution in [2.24, 2.45) is 5.92 Å². The Hall–Kier alpha value is -1.48. The number of morpholine rings is 1. The third-order valence-electron chi connectivity index (χ3n) is 5.97. The fourth-order valence-electron chi connectivity index (χ4n) is 3.94. The summed E-state index contributed by atoms with van der Waals surface area (Å²) < 4.78 is 33.2. The summed E-state index contributed by atoms with van der Waals surface area (Å²) in [5.41, 5.74) is 1.20. The first kappa shape index (κ1) is 23.2. The normalized spacial score (nSPS) is 19.4. The van der Waals surface area contributed by atoms with Crippen molar-refractivity contribution in [1.29, 1.82) is 0 Å². The van der Waals surface area contributed by atoms with Gasteiger partial charge >= 0.3 is 0 Å². The van der Waals surface area contributed by atoms with Gasteiger partial charge in [0.15, 0.2) is 0 Å². The third kappa shape index (κ3) is 5.41. The quantitative estimate of drug-likeness (QED) is 0.653. The number of hydrogen-bond acceptors (Lipinski definition) is 5. The highest BCUT2D eigenvalue weighted by Gasteiger charge is 2.30. The molecule has 0 radical (unpaired) electrons. The second-order valence-electron chi connectivity index (χ2n) is 8.51. The van der Waals surface area contributed by atoms with Crippen LogP contribution in [0, 0.1) is 5.92 Å². The van der Waals surface area contributed by atoms with Gasteiger partial charge in [-0.1, -0.05) is 26.8 Å². The van der Waals surface area contributed by atoms with Crippen molar-refractivity contribution >= 4 is 15.9 Å². The first-order chi connectivity index (χ1) is 14.3. The Balaban J connectivity index is 1.74. The molecule has 3 rings (SSSR count). The SMILES string of the molecule is CCc1ccc(C(=O)N2CCN(CCC(C)C)CC2)cc1S(=O)(=O)N1CCOCC1. The van der Waals surface area contributed by atoms with Gasteiger partial charge in [0, 0.05) is 44.8 Å². The van der Waals surface area contributed by atoms with E-state index in [0.29, 0.717) is 57.3 Å². The molecular weight excluding hydrogens is 402 g/mol. The van der Waals surface area contributed by atoms with Crippen molar-refractivity contribution in [2.75, 3.05) is 59.0 Å². The van der Waals surface area contributed by atoms with Gasteiger partial charge < -0.3 is 9.64 Å². The fraction of sp³-hybridized carbons (Fsp3) is 0.682. The monoisotopic (exact) mass is 437 g/mol. The Morgan fingerprint density at radius 2 is 1.73 bits per heavy atom. The Morgan fingerprint density at radius 1 is 1.07 bits per heavy atom. The van der Waals surface area contributed by atoms with E-state index in [9.17, 15) is 13.2 Å². The molecule has 2 aliphatic rings. The van der Waals surface area contributed by atoms with Crippen LogP contribution >= 0.6 is 0 Å². The predicted molar refractivity (Wildman–Crippen MR) is 117 cm³/mol. The van der Waals surface area contributed by atoms with Crippen molar-refractivity contribution in [3.05, 3.63) is 29.3 Å². The number of aryl methyl sites for hydroxylation is 1. The minimum atomic E-state index is -3.64. The molecule has 2 aliphatic heterocycles. The lowest BCUT2D eigenvalue weighted by Crippen LogP contribution is -2.49. The summed E-state index contributed by atoms with van der Waals surface area (Å²) in [6.07, 6.45) is 1.76. The van der Waals surface area contributed by atoms with Crippen molar-refractivity contribution in [3.63, 3.8) is 0 Å². The molecule has 0 spiro atoms. The van der Waals surface area contributed by atoms with Crippen LogP contribution in [0.25, 0.3) is 0 Å². The van der Waals surface area contributed by atoms with Crippen LogP contribution in [0.4, 0.5) is 0 Å². The molecule has 0 bridgehead atoms. The van der Waals surface area contributed by atoms with Gasteiger partial charge in [0.25, 0.3) is 5.91 Å². The number of amides is 1. The summed E-state index contributed by atoms with van der Waals surface area (Å²) in [5, 5.41) is 0. The second-order valence-corrected chi connectivity index (χ2v) is 10.4. The van der Waals surface area contributed by atoms with E-state index in [2.05, 4.69) is 18.7 Å². The lowest BCUT2D eigenvalue weighted by molar-refractivity contribution is 0.0631. The van der Waals surface area contributed by atoms with Crippen LogP contribution in [-0.2, 0) is 21.2 Å². The lowest BCUT2D eigenvalue weighted by Gasteiger charge is -2.35. The van der Waals surface area contributed by atoms with Crippen molar-refractivity contribution in [1.82, 2.24) is 14.1 Å². The smallest absolute Gasteiger partial charge is 0.253 e. The van der Waals surface area contributed by atoms with Crippen LogP contribution in [0.5, 0.6) is 0 Å². The van der Waals surface area contributed by atoms with Gasteiger partial charge in [0.1, 0.15) is 0 Å². The largest absolute Gasteiger partial charge is 0.379 e. The maximum Gasteiger partial charge on any atom is 0.253 e. The first-order valence-corrected chi connectivity index (χ1v) is 12.5. The van der Waals surface area contributed by atoms with E-state index < -0.39 is 10.0 Å². The number of nitrogens with zero attached hydrogens (tertiary/aromatic N) is 3. The minimum absolute atomic E-state index is 0.0837. The molecule has 7 nitrogen and oxygen atoms in total. The van der Waals surface area contributed by atoms with Crippen LogP contribution in [0.15, 0.2) is 23.1 Å². The number of rotatable bonds is 7. The Morgan fingerprint density at radius 3 is 2.33 bits per heavy atom. The third-order valence-corrected chi connectivity index (χ3v) is 7.95. The zero-order valence-corrected chi connectivity index (χ0v) is 19.3. The average Bonchev–Trinajstić information content (AvgIpc) is 2.77. The molecule has 30 heavy (non-hydrogen) atoms. The van der Waals surface area contributed by atoms with Gasteiger partial charge in [-0.2, -0.15) is 4.31 Å². The molecule has 0 unspecified atom stereocenters. The van der Waals surface area contributed by atoms with E-state index in [1.54, 1.807) is 18.2 Å². The molecule has 8 heteroatoms. The summed E-state index contributed by atoms with van der Waals surface area (Å²) in [4.78, 5) is 17.6. The zero-order valence-electron chi connectivity index (χ0n) is 18.5. The van der Waals surface area contributed by atoms with Gasteiger partial charge in [-0.3, -0.25) is 9.69 Å². The number of benzene rings is 1. The van der Waals surface area contributed by atoms with E-state index in [4.69, 9.17) is 4.74 Å². The van der Waals surface area contributed by atoms with E-state index in [1.807, 2.05) is 11.8 Å². The number of carbonyl (C=O) groups is 1. The van der Waals surface area contributed by atoms with Gasteiger partial charge in [0.05, 0.1) is 18.1 Å². The zero-order chi connectivity index (χ0) is 21.7.